The van der Waals surface area contributed by atoms with Crippen molar-refractivity contribution in [1.29, 1.82) is 0 Å². The number of ether oxygens (including phenoxy) is 1. The first-order valence-corrected chi connectivity index (χ1v) is 6.33. The Balaban J connectivity index is 2.69. The molecule has 1 rings (SSSR count). The summed E-state index contributed by atoms with van der Waals surface area (Å²) >= 11 is 0. The van der Waals surface area contributed by atoms with Crippen molar-refractivity contribution in [2.45, 2.75) is 19.4 Å². The summed E-state index contributed by atoms with van der Waals surface area (Å²) < 4.78 is 5.18. The predicted molar refractivity (Wildman–Crippen MR) is 77.5 cm³/mol. The van der Waals surface area contributed by atoms with Crippen LogP contribution in [0, 0.1) is 0 Å². The van der Waals surface area contributed by atoms with E-state index in [-0.39, 0.29) is 11.9 Å². The van der Waals surface area contributed by atoms with Gasteiger partial charge in [-0.05, 0) is 52.2 Å². The van der Waals surface area contributed by atoms with Crippen LogP contribution in [-0.4, -0.2) is 44.6 Å². The van der Waals surface area contributed by atoms with E-state index in [4.69, 9.17) is 10.5 Å². The van der Waals surface area contributed by atoms with Crippen molar-refractivity contribution in [3.63, 3.8) is 0 Å². The van der Waals surface area contributed by atoms with Crippen LogP contribution in [0.4, 0.5) is 5.69 Å². The van der Waals surface area contributed by atoms with Gasteiger partial charge in [0.25, 0.3) is 5.91 Å². The van der Waals surface area contributed by atoms with Gasteiger partial charge in [-0.15, -0.1) is 0 Å². The molecule has 0 heterocycles. The maximum atomic E-state index is 12.2. The Morgan fingerprint density at radius 3 is 2.74 bits per heavy atom. The lowest BCUT2D eigenvalue weighted by Gasteiger charge is -2.17. The van der Waals surface area contributed by atoms with E-state index in [9.17, 15) is 4.79 Å². The van der Waals surface area contributed by atoms with E-state index in [2.05, 4.69) is 10.2 Å². The van der Waals surface area contributed by atoms with Crippen LogP contribution in [0.3, 0.4) is 0 Å². The van der Waals surface area contributed by atoms with Gasteiger partial charge in [0, 0.05) is 11.7 Å². The van der Waals surface area contributed by atoms with Gasteiger partial charge in [-0.1, -0.05) is 0 Å². The normalized spacial score (nSPS) is 12.3. The van der Waals surface area contributed by atoms with Gasteiger partial charge in [-0.2, -0.15) is 0 Å². The molecule has 1 amide bonds. The van der Waals surface area contributed by atoms with Crippen molar-refractivity contribution in [3.8, 4) is 5.75 Å². The first-order chi connectivity index (χ1) is 8.93. The molecule has 0 spiro atoms. The molecule has 0 aliphatic heterocycles. The van der Waals surface area contributed by atoms with Crippen LogP contribution in [0.5, 0.6) is 5.75 Å². The molecule has 0 fully saturated rings. The number of hydrogen-bond acceptors (Lipinski definition) is 4. The van der Waals surface area contributed by atoms with Gasteiger partial charge in [0.05, 0.1) is 12.7 Å². The van der Waals surface area contributed by atoms with Crippen LogP contribution < -0.4 is 15.8 Å². The largest absolute Gasteiger partial charge is 0.496 e. The molecule has 3 N–H and O–H groups in total. The fourth-order valence-corrected chi connectivity index (χ4v) is 1.73. The van der Waals surface area contributed by atoms with Gasteiger partial charge in [0.1, 0.15) is 5.75 Å². The Labute approximate surface area is 114 Å². The highest BCUT2D eigenvalue weighted by atomic mass is 16.5. The first kappa shape index (κ1) is 15.3. The second-order valence-corrected chi connectivity index (χ2v) is 4.93. The van der Waals surface area contributed by atoms with Crippen LogP contribution in [0.1, 0.15) is 23.7 Å². The van der Waals surface area contributed by atoms with Crippen LogP contribution >= 0.6 is 0 Å². The van der Waals surface area contributed by atoms with Crippen LogP contribution in [0.25, 0.3) is 0 Å². The number of amides is 1. The molecule has 106 valence electrons. The van der Waals surface area contributed by atoms with Crippen molar-refractivity contribution >= 4 is 11.6 Å². The standard InChI is InChI=1S/C14H23N3O2/c1-10(7-8-17(2)3)16-14(18)12-9-11(15)5-6-13(12)19-4/h5-6,9-10H,7-8,15H2,1-4H3,(H,16,18). The number of nitrogens with zero attached hydrogens (tertiary/aromatic N) is 1. The zero-order valence-corrected chi connectivity index (χ0v) is 12.1. The lowest BCUT2D eigenvalue weighted by atomic mass is 10.1. The number of nitrogens with two attached hydrogens (primary N) is 1. The number of benzene rings is 1. The summed E-state index contributed by atoms with van der Waals surface area (Å²) in [6, 6.07) is 5.15. The van der Waals surface area contributed by atoms with Crippen LogP contribution in [0.2, 0.25) is 0 Å². The quantitative estimate of drug-likeness (QED) is 0.762. The number of nitrogen functional groups attached to an aromatic ring is 1. The minimum atomic E-state index is -0.157. The minimum absolute atomic E-state index is 0.0982. The molecular formula is C14H23N3O2. The van der Waals surface area contributed by atoms with Crippen molar-refractivity contribution in [2.75, 3.05) is 33.5 Å². The molecule has 5 heteroatoms. The molecule has 0 aromatic heterocycles. The molecule has 1 aromatic carbocycles. The number of methoxy groups -OCH3 is 1. The Morgan fingerprint density at radius 2 is 2.16 bits per heavy atom. The third-order valence-corrected chi connectivity index (χ3v) is 2.85. The highest BCUT2D eigenvalue weighted by molar-refractivity contribution is 5.98. The maximum absolute atomic E-state index is 12.2. The van der Waals surface area contributed by atoms with Crippen molar-refractivity contribution < 1.29 is 9.53 Å². The predicted octanol–water partition coefficient (Wildman–Crippen LogP) is 1.35. The van der Waals surface area contributed by atoms with Crippen LogP contribution in [0.15, 0.2) is 18.2 Å². The number of carbonyl (C=O) groups is 1. The summed E-state index contributed by atoms with van der Waals surface area (Å²) in [6.45, 7) is 2.91. The van der Waals surface area contributed by atoms with Gasteiger partial charge in [0.15, 0.2) is 0 Å². The number of hydrogen-bond donors (Lipinski definition) is 2. The Kier molecular flexibility index (Phi) is 5.63. The zero-order chi connectivity index (χ0) is 14.4. The monoisotopic (exact) mass is 265 g/mol. The molecule has 0 saturated carbocycles. The van der Waals surface area contributed by atoms with Gasteiger partial charge < -0.3 is 20.7 Å². The highest BCUT2D eigenvalue weighted by Crippen LogP contribution is 2.21. The van der Waals surface area contributed by atoms with Gasteiger partial charge in [0.2, 0.25) is 0 Å². The molecule has 19 heavy (non-hydrogen) atoms. The van der Waals surface area contributed by atoms with Crippen molar-refractivity contribution in [1.82, 2.24) is 10.2 Å². The molecule has 0 aliphatic rings. The summed E-state index contributed by atoms with van der Waals surface area (Å²) in [6.07, 6.45) is 0.892. The average Bonchev–Trinajstić information content (AvgIpc) is 2.36. The van der Waals surface area contributed by atoms with E-state index in [1.54, 1.807) is 18.2 Å². The van der Waals surface area contributed by atoms with E-state index in [1.165, 1.54) is 7.11 Å². The topological polar surface area (TPSA) is 67.6 Å². The van der Waals surface area contributed by atoms with E-state index < -0.39 is 0 Å². The number of carbonyl (C=O) groups excluding carboxylic acids is 1. The molecular weight excluding hydrogens is 242 g/mol. The SMILES string of the molecule is COc1ccc(N)cc1C(=O)NC(C)CCN(C)C. The third kappa shape index (κ3) is 4.79. The minimum Gasteiger partial charge on any atom is -0.496 e. The maximum Gasteiger partial charge on any atom is 0.255 e. The van der Waals surface area contributed by atoms with E-state index in [0.717, 1.165) is 13.0 Å². The zero-order valence-electron chi connectivity index (χ0n) is 12.1. The van der Waals surface area contributed by atoms with E-state index >= 15 is 0 Å². The Bertz CT molecular complexity index is 433. The molecule has 0 saturated heterocycles. The lowest BCUT2D eigenvalue weighted by Crippen LogP contribution is -2.35. The highest BCUT2D eigenvalue weighted by Gasteiger charge is 2.15. The second kappa shape index (κ2) is 6.99. The van der Waals surface area contributed by atoms with E-state index in [1.807, 2.05) is 21.0 Å². The smallest absolute Gasteiger partial charge is 0.255 e. The Morgan fingerprint density at radius 1 is 1.47 bits per heavy atom. The second-order valence-electron chi connectivity index (χ2n) is 4.93. The van der Waals surface area contributed by atoms with Crippen LogP contribution in [-0.2, 0) is 0 Å². The molecule has 0 bridgehead atoms. The number of nitrogens with one attached hydrogen (secondary N) is 1. The van der Waals surface area contributed by atoms with Crippen molar-refractivity contribution in [2.24, 2.45) is 0 Å². The molecule has 1 atom stereocenters. The molecule has 1 unspecified atom stereocenters. The molecule has 5 nitrogen and oxygen atoms in total. The summed E-state index contributed by atoms with van der Waals surface area (Å²) in [4.78, 5) is 14.3. The van der Waals surface area contributed by atoms with Gasteiger partial charge in [-0.3, -0.25) is 4.79 Å². The van der Waals surface area contributed by atoms with E-state index in [0.29, 0.717) is 17.0 Å². The average molecular weight is 265 g/mol. The molecule has 1 aromatic rings. The molecule has 0 aliphatic carbocycles. The lowest BCUT2D eigenvalue weighted by molar-refractivity contribution is 0.0934. The summed E-state index contributed by atoms with van der Waals surface area (Å²) in [7, 11) is 5.56. The first-order valence-electron chi connectivity index (χ1n) is 6.33. The number of rotatable bonds is 6. The van der Waals surface area contributed by atoms with Gasteiger partial charge in [-0.25, -0.2) is 0 Å². The summed E-state index contributed by atoms with van der Waals surface area (Å²) in [5.74, 6) is 0.377. The summed E-state index contributed by atoms with van der Waals surface area (Å²) in [5.41, 5.74) is 6.73. The van der Waals surface area contributed by atoms with Crippen molar-refractivity contribution in [3.05, 3.63) is 23.8 Å². The third-order valence-electron chi connectivity index (χ3n) is 2.85. The molecule has 0 radical (unpaired) electrons. The fourth-order valence-electron chi connectivity index (χ4n) is 1.73. The fraction of sp³-hybridized carbons (Fsp3) is 0.500. The Hall–Kier alpha value is -1.75. The number of anilines is 1. The van der Waals surface area contributed by atoms with Gasteiger partial charge >= 0.3 is 0 Å². The summed E-state index contributed by atoms with van der Waals surface area (Å²) in [5, 5.41) is 2.95.